The summed E-state index contributed by atoms with van der Waals surface area (Å²) in [6, 6.07) is 11.6. The molecule has 0 aliphatic rings. The standard InChI is InChI=1S/C22H30N2O4S/c1-7-21(22(25)23-17(4)20-14-15(2)8-9-16(20)3)24(29(6,26)27)18-10-12-19(28-5)13-11-18/h8-14,17,21H,7H2,1-6H3,(H,23,25)/t17-,21+/m1/s1. The Kier molecular flexibility index (Phi) is 7.30. The average Bonchev–Trinajstić information content (AvgIpc) is 2.66. The highest BCUT2D eigenvalue weighted by atomic mass is 32.2. The summed E-state index contributed by atoms with van der Waals surface area (Å²) < 4.78 is 31.4. The Bertz CT molecular complexity index is 955. The van der Waals surface area contributed by atoms with Crippen LogP contribution in [0.2, 0.25) is 0 Å². The van der Waals surface area contributed by atoms with Gasteiger partial charge in [-0.05, 0) is 62.6 Å². The van der Waals surface area contributed by atoms with Crippen LogP contribution in [0.3, 0.4) is 0 Å². The molecule has 1 N–H and O–H groups in total. The molecule has 29 heavy (non-hydrogen) atoms. The van der Waals surface area contributed by atoms with Crippen molar-refractivity contribution in [2.24, 2.45) is 0 Å². The summed E-state index contributed by atoms with van der Waals surface area (Å²) in [7, 11) is -2.14. The van der Waals surface area contributed by atoms with Gasteiger partial charge in [-0.2, -0.15) is 0 Å². The number of carbonyl (C=O) groups is 1. The van der Waals surface area contributed by atoms with Crippen LogP contribution in [0.25, 0.3) is 0 Å². The third kappa shape index (κ3) is 5.50. The zero-order valence-electron chi connectivity index (χ0n) is 17.9. The second-order valence-electron chi connectivity index (χ2n) is 7.27. The molecule has 158 valence electrons. The van der Waals surface area contributed by atoms with E-state index in [0.29, 0.717) is 17.9 Å². The predicted octanol–water partition coefficient (Wildman–Crippen LogP) is 3.73. The summed E-state index contributed by atoms with van der Waals surface area (Å²) in [5.74, 6) is 0.283. The number of nitrogens with zero attached hydrogens (tertiary/aromatic N) is 1. The molecular formula is C22H30N2O4S. The van der Waals surface area contributed by atoms with Crippen molar-refractivity contribution in [2.45, 2.75) is 46.2 Å². The van der Waals surface area contributed by atoms with Crippen LogP contribution in [0.1, 0.15) is 43.0 Å². The van der Waals surface area contributed by atoms with E-state index in [1.807, 2.05) is 39.0 Å². The van der Waals surface area contributed by atoms with Crippen LogP contribution in [0.15, 0.2) is 42.5 Å². The van der Waals surface area contributed by atoms with E-state index < -0.39 is 16.1 Å². The lowest BCUT2D eigenvalue weighted by atomic mass is 9.99. The monoisotopic (exact) mass is 418 g/mol. The molecule has 0 heterocycles. The quantitative estimate of drug-likeness (QED) is 0.709. The van der Waals surface area contributed by atoms with Gasteiger partial charge in [0.2, 0.25) is 15.9 Å². The van der Waals surface area contributed by atoms with E-state index >= 15 is 0 Å². The topological polar surface area (TPSA) is 75.7 Å². The van der Waals surface area contributed by atoms with Crippen LogP contribution in [0.5, 0.6) is 5.75 Å². The number of nitrogens with one attached hydrogen (secondary N) is 1. The zero-order valence-corrected chi connectivity index (χ0v) is 18.7. The molecule has 1 amide bonds. The van der Waals surface area contributed by atoms with E-state index in [-0.39, 0.29) is 11.9 Å². The first-order chi connectivity index (χ1) is 13.6. The van der Waals surface area contributed by atoms with Gasteiger partial charge < -0.3 is 10.1 Å². The lowest BCUT2D eigenvalue weighted by molar-refractivity contribution is -0.122. The van der Waals surface area contributed by atoms with Crippen molar-refractivity contribution in [3.8, 4) is 5.75 Å². The van der Waals surface area contributed by atoms with Crippen LogP contribution in [0.4, 0.5) is 5.69 Å². The molecular weight excluding hydrogens is 388 g/mol. The van der Waals surface area contributed by atoms with E-state index in [0.717, 1.165) is 22.9 Å². The van der Waals surface area contributed by atoms with Gasteiger partial charge in [0, 0.05) is 0 Å². The number of benzene rings is 2. The Hall–Kier alpha value is -2.54. The number of aryl methyl sites for hydroxylation is 2. The van der Waals surface area contributed by atoms with Crippen molar-refractivity contribution >= 4 is 21.6 Å². The van der Waals surface area contributed by atoms with E-state index in [1.165, 1.54) is 4.31 Å². The molecule has 2 atom stereocenters. The van der Waals surface area contributed by atoms with Gasteiger partial charge in [0.1, 0.15) is 11.8 Å². The van der Waals surface area contributed by atoms with Crippen molar-refractivity contribution in [3.63, 3.8) is 0 Å². The molecule has 2 aromatic rings. The van der Waals surface area contributed by atoms with Crippen LogP contribution in [-0.4, -0.2) is 33.7 Å². The second-order valence-corrected chi connectivity index (χ2v) is 9.13. The van der Waals surface area contributed by atoms with Crippen molar-refractivity contribution in [1.82, 2.24) is 5.32 Å². The summed E-state index contributed by atoms with van der Waals surface area (Å²) in [4.78, 5) is 13.1. The molecule has 0 aromatic heterocycles. The minimum atomic E-state index is -3.68. The maximum Gasteiger partial charge on any atom is 0.244 e. The van der Waals surface area contributed by atoms with Gasteiger partial charge >= 0.3 is 0 Å². The van der Waals surface area contributed by atoms with E-state index in [1.54, 1.807) is 38.3 Å². The van der Waals surface area contributed by atoms with Gasteiger partial charge in [-0.15, -0.1) is 0 Å². The molecule has 0 radical (unpaired) electrons. The Morgan fingerprint density at radius 3 is 2.28 bits per heavy atom. The van der Waals surface area contributed by atoms with Gasteiger partial charge in [-0.1, -0.05) is 30.7 Å². The van der Waals surface area contributed by atoms with Crippen molar-refractivity contribution in [3.05, 3.63) is 59.2 Å². The Labute approximate surface area is 173 Å². The van der Waals surface area contributed by atoms with Crippen molar-refractivity contribution < 1.29 is 17.9 Å². The number of carbonyl (C=O) groups excluding carboxylic acids is 1. The minimum Gasteiger partial charge on any atom is -0.497 e. The molecule has 7 heteroatoms. The highest BCUT2D eigenvalue weighted by Crippen LogP contribution is 2.26. The first-order valence-electron chi connectivity index (χ1n) is 9.59. The highest BCUT2D eigenvalue weighted by molar-refractivity contribution is 7.92. The third-order valence-electron chi connectivity index (χ3n) is 4.92. The van der Waals surface area contributed by atoms with Crippen molar-refractivity contribution in [1.29, 1.82) is 0 Å². The van der Waals surface area contributed by atoms with Crippen molar-refractivity contribution in [2.75, 3.05) is 17.7 Å². The number of methoxy groups -OCH3 is 1. The third-order valence-corrected chi connectivity index (χ3v) is 6.10. The number of hydrogen-bond acceptors (Lipinski definition) is 4. The lowest BCUT2D eigenvalue weighted by Gasteiger charge is -2.31. The Morgan fingerprint density at radius 2 is 1.76 bits per heavy atom. The van der Waals surface area contributed by atoms with Crippen LogP contribution < -0.4 is 14.4 Å². The smallest absolute Gasteiger partial charge is 0.244 e. The van der Waals surface area contributed by atoms with Crippen LogP contribution >= 0.6 is 0 Å². The number of hydrogen-bond donors (Lipinski definition) is 1. The highest BCUT2D eigenvalue weighted by Gasteiger charge is 2.32. The summed E-state index contributed by atoms with van der Waals surface area (Å²) in [5.41, 5.74) is 3.62. The first-order valence-corrected chi connectivity index (χ1v) is 11.4. The fourth-order valence-corrected chi connectivity index (χ4v) is 4.61. The second kappa shape index (κ2) is 9.31. The molecule has 0 unspecified atom stereocenters. The predicted molar refractivity (Wildman–Crippen MR) is 117 cm³/mol. The molecule has 0 fully saturated rings. The number of sulfonamides is 1. The summed E-state index contributed by atoms with van der Waals surface area (Å²) in [6.45, 7) is 7.70. The largest absolute Gasteiger partial charge is 0.497 e. The molecule has 0 saturated carbocycles. The summed E-state index contributed by atoms with van der Waals surface area (Å²) >= 11 is 0. The van der Waals surface area contributed by atoms with Gasteiger partial charge in [-0.3, -0.25) is 9.10 Å². The Balaban J connectivity index is 2.33. The van der Waals surface area contributed by atoms with Gasteiger partial charge in [-0.25, -0.2) is 8.42 Å². The molecule has 2 rings (SSSR count). The molecule has 0 bridgehead atoms. The van der Waals surface area contributed by atoms with Gasteiger partial charge in [0.25, 0.3) is 0 Å². The molecule has 6 nitrogen and oxygen atoms in total. The summed E-state index contributed by atoms with van der Waals surface area (Å²) in [5, 5.41) is 2.99. The van der Waals surface area contributed by atoms with Gasteiger partial charge in [0.05, 0.1) is 25.1 Å². The normalized spacial score (nSPS) is 13.4. The van der Waals surface area contributed by atoms with E-state index in [4.69, 9.17) is 4.74 Å². The van der Waals surface area contributed by atoms with E-state index in [9.17, 15) is 13.2 Å². The molecule has 0 saturated heterocycles. The number of ether oxygens (including phenoxy) is 1. The Morgan fingerprint density at radius 1 is 1.14 bits per heavy atom. The fourth-order valence-electron chi connectivity index (χ4n) is 3.40. The molecule has 0 spiro atoms. The fraction of sp³-hybridized carbons (Fsp3) is 0.409. The number of anilines is 1. The summed E-state index contributed by atoms with van der Waals surface area (Å²) in [6.07, 6.45) is 1.45. The van der Waals surface area contributed by atoms with Gasteiger partial charge in [0.15, 0.2) is 0 Å². The van der Waals surface area contributed by atoms with Crippen LogP contribution in [-0.2, 0) is 14.8 Å². The van der Waals surface area contributed by atoms with E-state index in [2.05, 4.69) is 5.32 Å². The SMILES string of the molecule is CC[C@@H](C(=O)N[C@H](C)c1cc(C)ccc1C)N(c1ccc(OC)cc1)S(C)(=O)=O. The number of amides is 1. The molecule has 0 aliphatic heterocycles. The maximum absolute atomic E-state index is 13.1. The first kappa shape index (κ1) is 22.7. The maximum atomic E-state index is 13.1. The van der Waals surface area contributed by atoms with Crippen LogP contribution in [0, 0.1) is 13.8 Å². The average molecular weight is 419 g/mol. The minimum absolute atomic E-state index is 0.242. The molecule has 2 aromatic carbocycles. The molecule has 0 aliphatic carbocycles. The lowest BCUT2D eigenvalue weighted by Crippen LogP contribution is -2.49. The zero-order chi connectivity index (χ0) is 21.8. The number of rotatable bonds is 8.